The highest BCUT2D eigenvalue weighted by Crippen LogP contribution is 2.30. The summed E-state index contributed by atoms with van der Waals surface area (Å²) in [5, 5.41) is 0. The lowest BCUT2D eigenvalue weighted by Gasteiger charge is -2.35. The molecular weight excluding hydrogens is 212 g/mol. The van der Waals surface area contributed by atoms with Crippen molar-refractivity contribution in [1.29, 1.82) is 0 Å². The van der Waals surface area contributed by atoms with Crippen LogP contribution in [0.5, 0.6) is 0 Å². The van der Waals surface area contributed by atoms with Crippen LogP contribution in [0.2, 0.25) is 0 Å². The van der Waals surface area contributed by atoms with E-state index in [1.807, 2.05) is 18.2 Å². The summed E-state index contributed by atoms with van der Waals surface area (Å²) in [4.78, 5) is 11.4. The summed E-state index contributed by atoms with van der Waals surface area (Å²) in [6.07, 6.45) is 5.44. The van der Waals surface area contributed by atoms with E-state index in [0.717, 1.165) is 25.7 Å². The molecule has 1 saturated heterocycles. The number of carbonyl (C=O) groups is 1. The summed E-state index contributed by atoms with van der Waals surface area (Å²) in [5.74, 6) is 0.142. The van der Waals surface area contributed by atoms with Crippen LogP contribution in [0, 0.1) is 5.92 Å². The molecule has 0 spiro atoms. The first kappa shape index (κ1) is 12.2. The number of unbranched alkanes of at least 4 members (excludes halogenated alkanes) is 1. The fraction of sp³-hybridized carbons (Fsp3) is 0.533. The van der Waals surface area contributed by atoms with Crippen molar-refractivity contribution in [3.05, 3.63) is 35.9 Å². The Hall–Kier alpha value is -1.31. The van der Waals surface area contributed by atoms with E-state index in [1.165, 1.54) is 12.0 Å². The fourth-order valence-corrected chi connectivity index (χ4v) is 2.33. The molecule has 0 N–H and O–H groups in total. The largest absolute Gasteiger partial charge is 0.461 e. The van der Waals surface area contributed by atoms with E-state index in [2.05, 4.69) is 19.1 Å². The molecule has 92 valence electrons. The number of carbonyl (C=O) groups excluding carboxylic acids is 1. The van der Waals surface area contributed by atoms with Crippen molar-refractivity contribution >= 4 is 5.97 Å². The highest BCUT2D eigenvalue weighted by atomic mass is 16.6. The van der Waals surface area contributed by atoms with Gasteiger partial charge in [-0.3, -0.25) is 4.79 Å². The molecule has 0 aliphatic carbocycles. The number of benzene rings is 1. The summed E-state index contributed by atoms with van der Waals surface area (Å²) in [6, 6.07) is 10.3. The third-order valence-electron chi connectivity index (χ3n) is 3.45. The molecule has 17 heavy (non-hydrogen) atoms. The van der Waals surface area contributed by atoms with Crippen LogP contribution < -0.4 is 0 Å². The standard InChI is InChI=1S/C15H20O2/c1-2-3-9-14-13(15(16)17-14)11-10-12-7-5-4-6-8-12/h4-8,13-14H,2-3,9-11H2,1H3/t13-,14-/m0/s1. The predicted molar refractivity (Wildman–Crippen MR) is 67.7 cm³/mol. The Balaban J connectivity index is 1.79. The average molecular weight is 232 g/mol. The second-order valence-corrected chi connectivity index (χ2v) is 4.75. The van der Waals surface area contributed by atoms with Gasteiger partial charge in [-0.1, -0.05) is 50.1 Å². The zero-order valence-electron chi connectivity index (χ0n) is 10.4. The van der Waals surface area contributed by atoms with Gasteiger partial charge in [0.05, 0.1) is 5.92 Å². The van der Waals surface area contributed by atoms with Crippen LogP contribution >= 0.6 is 0 Å². The van der Waals surface area contributed by atoms with Crippen LogP contribution in [-0.4, -0.2) is 12.1 Å². The SMILES string of the molecule is CCCC[C@@H]1OC(=O)[C@H]1CCc1ccccc1. The molecule has 1 aliphatic heterocycles. The van der Waals surface area contributed by atoms with Crippen LogP contribution in [0.3, 0.4) is 0 Å². The van der Waals surface area contributed by atoms with Gasteiger partial charge in [-0.05, 0) is 24.8 Å². The molecule has 1 fully saturated rings. The van der Waals surface area contributed by atoms with Gasteiger partial charge in [0.25, 0.3) is 0 Å². The summed E-state index contributed by atoms with van der Waals surface area (Å²) >= 11 is 0. The van der Waals surface area contributed by atoms with Crippen molar-refractivity contribution in [3.63, 3.8) is 0 Å². The van der Waals surface area contributed by atoms with Gasteiger partial charge in [-0.2, -0.15) is 0 Å². The zero-order chi connectivity index (χ0) is 12.1. The molecule has 0 radical (unpaired) electrons. The Morgan fingerprint density at radius 3 is 2.59 bits per heavy atom. The van der Waals surface area contributed by atoms with Crippen LogP contribution in [0.1, 0.15) is 38.2 Å². The molecule has 2 atom stereocenters. The molecule has 0 aromatic heterocycles. The third kappa shape index (κ3) is 3.09. The van der Waals surface area contributed by atoms with Gasteiger partial charge < -0.3 is 4.74 Å². The minimum Gasteiger partial charge on any atom is -0.461 e. The Morgan fingerprint density at radius 1 is 1.18 bits per heavy atom. The lowest BCUT2D eigenvalue weighted by Crippen LogP contribution is -2.45. The Labute approximate surface area is 103 Å². The molecule has 2 nitrogen and oxygen atoms in total. The molecule has 1 aromatic rings. The van der Waals surface area contributed by atoms with Crippen LogP contribution in [-0.2, 0) is 16.0 Å². The van der Waals surface area contributed by atoms with E-state index in [1.54, 1.807) is 0 Å². The molecule has 1 heterocycles. The molecule has 2 rings (SSSR count). The Morgan fingerprint density at radius 2 is 1.94 bits per heavy atom. The number of rotatable bonds is 6. The molecule has 0 unspecified atom stereocenters. The first-order valence-corrected chi connectivity index (χ1v) is 6.55. The lowest BCUT2D eigenvalue weighted by atomic mass is 9.87. The zero-order valence-corrected chi connectivity index (χ0v) is 10.4. The minimum atomic E-state index is 0.00188. The summed E-state index contributed by atoms with van der Waals surface area (Å²) in [6.45, 7) is 2.17. The maximum atomic E-state index is 11.4. The number of cyclic esters (lactones) is 1. The van der Waals surface area contributed by atoms with Gasteiger partial charge in [0, 0.05) is 0 Å². The van der Waals surface area contributed by atoms with Gasteiger partial charge in [-0.15, -0.1) is 0 Å². The summed E-state index contributed by atoms with van der Waals surface area (Å²) < 4.78 is 5.20. The van der Waals surface area contributed by atoms with Crippen molar-refractivity contribution in [2.24, 2.45) is 5.92 Å². The highest BCUT2D eigenvalue weighted by molar-refractivity contribution is 5.78. The topological polar surface area (TPSA) is 26.3 Å². The van der Waals surface area contributed by atoms with Crippen molar-refractivity contribution in [3.8, 4) is 0 Å². The highest BCUT2D eigenvalue weighted by Gasteiger charge is 2.40. The molecule has 0 saturated carbocycles. The van der Waals surface area contributed by atoms with E-state index in [-0.39, 0.29) is 18.0 Å². The summed E-state index contributed by atoms with van der Waals surface area (Å²) in [5.41, 5.74) is 1.31. The van der Waals surface area contributed by atoms with Gasteiger partial charge >= 0.3 is 5.97 Å². The van der Waals surface area contributed by atoms with Crippen molar-refractivity contribution in [1.82, 2.24) is 0 Å². The first-order chi connectivity index (χ1) is 8.31. The third-order valence-corrected chi connectivity index (χ3v) is 3.45. The van der Waals surface area contributed by atoms with Gasteiger partial charge in [0.15, 0.2) is 0 Å². The predicted octanol–water partition coefficient (Wildman–Crippen LogP) is 3.35. The average Bonchev–Trinajstić information content (AvgIpc) is 2.35. The second kappa shape index (κ2) is 5.85. The van der Waals surface area contributed by atoms with E-state index in [0.29, 0.717) is 0 Å². The van der Waals surface area contributed by atoms with Crippen LogP contribution in [0.15, 0.2) is 30.3 Å². The smallest absolute Gasteiger partial charge is 0.313 e. The van der Waals surface area contributed by atoms with Crippen LogP contribution in [0.4, 0.5) is 0 Å². The monoisotopic (exact) mass is 232 g/mol. The van der Waals surface area contributed by atoms with Gasteiger partial charge in [0.1, 0.15) is 6.10 Å². The molecule has 2 heteroatoms. The van der Waals surface area contributed by atoms with E-state index >= 15 is 0 Å². The van der Waals surface area contributed by atoms with E-state index < -0.39 is 0 Å². The van der Waals surface area contributed by atoms with Gasteiger partial charge in [0.2, 0.25) is 0 Å². The van der Waals surface area contributed by atoms with Crippen molar-refractivity contribution in [2.75, 3.05) is 0 Å². The van der Waals surface area contributed by atoms with Crippen molar-refractivity contribution in [2.45, 2.75) is 45.1 Å². The number of ether oxygens (including phenoxy) is 1. The molecule has 0 amide bonds. The number of hydrogen-bond acceptors (Lipinski definition) is 2. The second-order valence-electron chi connectivity index (χ2n) is 4.75. The minimum absolute atomic E-state index is 0.00188. The Kier molecular flexibility index (Phi) is 4.18. The lowest BCUT2D eigenvalue weighted by molar-refractivity contribution is -0.185. The molecule has 1 aromatic carbocycles. The Bertz CT molecular complexity index is 358. The molecular formula is C15H20O2. The number of hydrogen-bond donors (Lipinski definition) is 0. The molecule has 0 bridgehead atoms. The van der Waals surface area contributed by atoms with Gasteiger partial charge in [-0.25, -0.2) is 0 Å². The normalized spacial score (nSPS) is 23.0. The first-order valence-electron chi connectivity index (χ1n) is 6.55. The maximum absolute atomic E-state index is 11.4. The van der Waals surface area contributed by atoms with Crippen molar-refractivity contribution < 1.29 is 9.53 Å². The molecule has 1 aliphatic rings. The fourth-order valence-electron chi connectivity index (χ4n) is 2.33. The van der Waals surface area contributed by atoms with Crippen LogP contribution in [0.25, 0.3) is 0 Å². The van der Waals surface area contributed by atoms with E-state index in [4.69, 9.17) is 4.74 Å². The maximum Gasteiger partial charge on any atom is 0.313 e. The quantitative estimate of drug-likeness (QED) is 0.703. The van der Waals surface area contributed by atoms with E-state index in [9.17, 15) is 4.79 Å². The summed E-state index contributed by atoms with van der Waals surface area (Å²) in [7, 11) is 0. The number of esters is 1. The number of aryl methyl sites for hydroxylation is 1.